The van der Waals surface area contributed by atoms with Gasteiger partial charge in [0.2, 0.25) is 0 Å². The Balaban J connectivity index is 3.03. The van der Waals surface area contributed by atoms with Crippen LogP contribution in [-0.4, -0.2) is 16.9 Å². The van der Waals surface area contributed by atoms with Gasteiger partial charge in [0, 0.05) is 13.2 Å². The van der Waals surface area contributed by atoms with Crippen molar-refractivity contribution < 1.29 is 4.74 Å². The number of ether oxygens (including phenoxy) is 1. The number of nitrogens with zero attached hydrogens (tertiary/aromatic N) is 2. The topological polar surface area (TPSA) is 53.1 Å². The van der Waals surface area contributed by atoms with Crippen molar-refractivity contribution in [2.24, 2.45) is 7.05 Å². The van der Waals surface area contributed by atoms with E-state index in [1.165, 1.54) is 7.11 Å². The maximum absolute atomic E-state index is 5.59. The largest absolute Gasteiger partial charge is 0.495 e. The zero-order valence-electron chi connectivity index (χ0n) is 6.66. The SMILES string of the molecule is C=C(OC)c1nn(C)cc1N. The second kappa shape index (κ2) is 2.65. The van der Waals surface area contributed by atoms with Crippen molar-refractivity contribution in [3.05, 3.63) is 18.5 Å². The molecule has 0 amide bonds. The Bertz CT molecular complexity index is 277. The maximum Gasteiger partial charge on any atom is 0.149 e. The summed E-state index contributed by atoms with van der Waals surface area (Å²) in [7, 11) is 3.33. The van der Waals surface area contributed by atoms with Crippen LogP contribution in [0.15, 0.2) is 12.8 Å². The Labute approximate surface area is 65.3 Å². The molecule has 4 nitrogen and oxygen atoms in total. The Morgan fingerprint density at radius 2 is 2.45 bits per heavy atom. The molecule has 0 fully saturated rings. The summed E-state index contributed by atoms with van der Waals surface area (Å²) in [6.45, 7) is 3.64. The number of hydrogen-bond acceptors (Lipinski definition) is 3. The fourth-order valence-electron chi connectivity index (χ4n) is 0.820. The van der Waals surface area contributed by atoms with E-state index in [1.54, 1.807) is 17.9 Å². The highest BCUT2D eigenvalue weighted by Gasteiger charge is 2.07. The van der Waals surface area contributed by atoms with Gasteiger partial charge in [-0.1, -0.05) is 6.58 Å². The first kappa shape index (κ1) is 7.65. The van der Waals surface area contributed by atoms with Gasteiger partial charge in [0.1, 0.15) is 11.5 Å². The van der Waals surface area contributed by atoms with Crippen molar-refractivity contribution in [2.45, 2.75) is 0 Å². The smallest absolute Gasteiger partial charge is 0.149 e. The molecule has 0 aromatic carbocycles. The third-order valence-electron chi connectivity index (χ3n) is 1.37. The van der Waals surface area contributed by atoms with Gasteiger partial charge in [-0.3, -0.25) is 4.68 Å². The summed E-state index contributed by atoms with van der Waals surface area (Å²) in [5, 5.41) is 4.05. The highest BCUT2D eigenvalue weighted by atomic mass is 16.5. The lowest BCUT2D eigenvalue weighted by Crippen LogP contribution is -1.93. The molecule has 1 rings (SSSR count). The van der Waals surface area contributed by atoms with Crippen molar-refractivity contribution in [1.29, 1.82) is 0 Å². The molecule has 0 bridgehead atoms. The molecule has 1 aromatic rings. The number of hydrogen-bond donors (Lipinski definition) is 1. The molecule has 60 valence electrons. The molecule has 0 aliphatic carbocycles. The first-order valence-electron chi connectivity index (χ1n) is 3.17. The monoisotopic (exact) mass is 153 g/mol. The van der Waals surface area contributed by atoms with Crippen LogP contribution in [0, 0.1) is 0 Å². The van der Waals surface area contributed by atoms with Gasteiger partial charge in [-0.05, 0) is 0 Å². The van der Waals surface area contributed by atoms with Crippen LogP contribution in [-0.2, 0) is 11.8 Å². The van der Waals surface area contributed by atoms with Crippen LogP contribution in [0.4, 0.5) is 5.69 Å². The van der Waals surface area contributed by atoms with Gasteiger partial charge in [0.25, 0.3) is 0 Å². The molecular weight excluding hydrogens is 142 g/mol. The minimum Gasteiger partial charge on any atom is -0.495 e. The molecular formula is C7H11N3O. The lowest BCUT2D eigenvalue weighted by molar-refractivity contribution is 0.369. The molecule has 4 heteroatoms. The van der Waals surface area contributed by atoms with E-state index >= 15 is 0 Å². The predicted molar refractivity (Wildman–Crippen MR) is 43.7 cm³/mol. The third-order valence-corrected chi connectivity index (χ3v) is 1.37. The zero-order valence-corrected chi connectivity index (χ0v) is 6.66. The number of aromatic nitrogens is 2. The summed E-state index contributed by atoms with van der Waals surface area (Å²) in [6, 6.07) is 0. The molecule has 1 heterocycles. The average Bonchev–Trinajstić information content (AvgIpc) is 2.28. The molecule has 0 radical (unpaired) electrons. The number of rotatable bonds is 2. The fourth-order valence-corrected chi connectivity index (χ4v) is 0.820. The zero-order chi connectivity index (χ0) is 8.43. The van der Waals surface area contributed by atoms with Crippen molar-refractivity contribution in [1.82, 2.24) is 9.78 Å². The first-order chi connectivity index (χ1) is 5.15. The number of anilines is 1. The van der Waals surface area contributed by atoms with E-state index < -0.39 is 0 Å². The summed E-state index contributed by atoms with van der Waals surface area (Å²) in [5.41, 5.74) is 6.78. The molecule has 2 N–H and O–H groups in total. The standard InChI is InChI=1S/C7H11N3O/c1-5(11-3)7-6(8)4-10(2)9-7/h4H,1,8H2,2-3H3. The fraction of sp³-hybridized carbons (Fsp3) is 0.286. The highest BCUT2D eigenvalue weighted by molar-refractivity contribution is 5.65. The van der Waals surface area contributed by atoms with E-state index in [4.69, 9.17) is 10.5 Å². The van der Waals surface area contributed by atoms with E-state index in [0.29, 0.717) is 17.1 Å². The minimum absolute atomic E-state index is 0.489. The maximum atomic E-state index is 5.59. The number of nitrogens with two attached hydrogens (primary N) is 1. The molecule has 0 aliphatic heterocycles. The summed E-state index contributed by atoms with van der Waals surface area (Å²) in [4.78, 5) is 0. The van der Waals surface area contributed by atoms with E-state index in [9.17, 15) is 0 Å². The molecule has 11 heavy (non-hydrogen) atoms. The van der Waals surface area contributed by atoms with Crippen LogP contribution in [0.2, 0.25) is 0 Å². The quantitative estimate of drug-likeness (QED) is 0.633. The summed E-state index contributed by atoms with van der Waals surface area (Å²) in [5.74, 6) is 0.489. The second-order valence-corrected chi connectivity index (χ2v) is 2.23. The average molecular weight is 153 g/mol. The second-order valence-electron chi connectivity index (χ2n) is 2.23. The van der Waals surface area contributed by atoms with E-state index in [-0.39, 0.29) is 0 Å². The molecule has 0 saturated carbocycles. The molecule has 0 atom stereocenters. The van der Waals surface area contributed by atoms with E-state index in [0.717, 1.165) is 0 Å². The van der Waals surface area contributed by atoms with Crippen LogP contribution in [0.1, 0.15) is 5.69 Å². The van der Waals surface area contributed by atoms with Gasteiger partial charge in [-0.25, -0.2) is 0 Å². The van der Waals surface area contributed by atoms with Crippen molar-refractivity contribution in [3.8, 4) is 0 Å². The van der Waals surface area contributed by atoms with Crippen molar-refractivity contribution in [2.75, 3.05) is 12.8 Å². The van der Waals surface area contributed by atoms with Crippen LogP contribution >= 0.6 is 0 Å². The van der Waals surface area contributed by atoms with Gasteiger partial charge in [-0.15, -0.1) is 0 Å². The van der Waals surface area contributed by atoms with Crippen LogP contribution in [0.3, 0.4) is 0 Å². The molecule has 0 saturated heterocycles. The Hall–Kier alpha value is -1.45. The van der Waals surface area contributed by atoms with E-state index in [2.05, 4.69) is 11.7 Å². The number of methoxy groups -OCH3 is 1. The van der Waals surface area contributed by atoms with Gasteiger partial charge >= 0.3 is 0 Å². The Kier molecular flexibility index (Phi) is 1.85. The third kappa shape index (κ3) is 1.34. The van der Waals surface area contributed by atoms with Crippen LogP contribution in [0.5, 0.6) is 0 Å². The number of aryl methyl sites for hydroxylation is 1. The lowest BCUT2D eigenvalue weighted by atomic mass is 10.3. The predicted octanol–water partition coefficient (Wildman–Crippen LogP) is 0.619. The van der Waals surface area contributed by atoms with Crippen molar-refractivity contribution in [3.63, 3.8) is 0 Å². The first-order valence-corrected chi connectivity index (χ1v) is 3.17. The normalized spacial score (nSPS) is 9.64. The molecule has 0 aliphatic rings. The molecule has 1 aromatic heterocycles. The lowest BCUT2D eigenvalue weighted by Gasteiger charge is -1.99. The van der Waals surface area contributed by atoms with Crippen molar-refractivity contribution >= 4 is 11.4 Å². The summed E-state index contributed by atoms with van der Waals surface area (Å²) in [6.07, 6.45) is 1.71. The highest BCUT2D eigenvalue weighted by Crippen LogP contribution is 2.17. The van der Waals surface area contributed by atoms with Crippen LogP contribution in [0.25, 0.3) is 5.76 Å². The Morgan fingerprint density at radius 1 is 1.82 bits per heavy atom. The molecule has 0 unspecified atom stereocenters. The molecule has 0 spiro atoms. The minimum atomic E-state index is 0.489. The summed E-state index contributed by atoms with van der Waals surface area (Å²) < 4.78 is 6.50. The van der Waals surface area contributed by atoms with Gasteiger partial charge in [-0.2, -0.15) is 5.10 Å². The van der Waals surface area contributed by atoms with Gasteiger partial charge in [0.05, 0.1) is 12.8 Å². The van der Waals surface area contributed by atoms with Gasteiger partial charge < -0.3 is 10.5 Å². The van der Waals surface area contributed by atoms with E-state index in [1.807, 2.05) is 0 Å². The van der Waals surface area contributed by atoms with Gasteiger partial charge in [0.15, 0.2) is 0 Å². The Morgan fingerprint density at radius 3 is 2.82 bits per heavy atom. The van der Waals surface area contributed by atoms with Crippen LogP contribution < -0.4 is 5.73 Å². The number of nitrogen functional groups attached to an aromatic ring is 1. The summed E-state index contributed by atoms with van der Waals surface area (Å²) >= 11 is 0.